The van der Waals surface area contributed by atoms with Gasteiger partial charge in [0.15, 0.2) is 11.5 Å². The van der Waals surface area contributed by atoms with Crippen LogP contribution in [0.25, 0.3) is 5.76 Å². The van der Waals surface area contributed by atoms with Crippen LogP contribution in [0.3, 0.4) is 0 Å². The van der Waals surface area contributed by atoms with Crippen molar-refractivity contribution in [1.82, 2.24) is 4.90 Å². The Morgan fingerprint density at radius 2 is 1.86 bits per heavy atom. The van der Waals surface area contributed by atoms with Crippen LogP contribution in [0, 0.1) is 0 Å². The first kappa shape index (κ1) is 24.9. The summed E-state index contributed by atoms with van der Waals surface area (Å²) in [7, 11) is 0. The number of ketones is 1. The van der Waals surface area contributed by atoms with E-state index in [0.717, 1.165) is 13.1 Å². The molecule has 37 heavy (non-hydrogen) atoms. The van der Waals surface area contributed by atoms with E-state index in [1.807, 2.05) is 6.07 Å². The monoisotopic (exact) mass is 506 g/mol. The van der Waals surface area contributed by atoms with Gasteiger partial charge >= 0.3 is 0 Å². The van der Waals surface area contributed by atoms with Gasteiger partial charge in [-0.05, 0) is 35.4 Å². The molecule has 9 heteroatoms. The quantitative estimate of drug-likeness (QED) is 0.236. The summed E-state index contributed by atoms with van der Waals surface area (Å²) >= 11 is 0. The summed E-state index contributed by atoms with van der Waals surface area (Å²) in [6, 6.07) is 11.2. The number of carbonyl (C=O) groups is 2. The normalized spacial score (nSPS) is 21.2. The maximum Gasteiger partial charge on any atom is 0.295 e. The molecule has 1 N–H and O–H groups in total. The highest BCUT2D eigenvalue weighted by molar-refractivity contribution is 6.46. The molecule has 194 valence electrons. The Bertz CT molecular complexity index is 1220. The lowest BCUT2D eigenvalue weighted by atomic mass is 9.95. The molecule has 2 aromatic carbocycles. The van der Waals surface area contributed by atoms with Crippen LogP contribution in [0.1, 0.15) is 17.2 Å². The Hall–Kier alpha value is -3.82. The number of nitrogens with zero attached hydrogens (tertiary/aromatic N) is 1. The fourth-order valence-electron chi connectivity index (χ4n) is 4.91. The van der Waals surface area contributed by atoms with Crippen molar-refractivity contribution in [3.8, 4) is 17.2 Å². The minimum absolute atomic E-state index is 0.0699. The van der Waals surface area contributed by atoms with Gasteiger partial charge in [-0.15, -0.1) is 0 Å². The summed E-state index contributed by atoms with van der Waals surface area (Å²) in [4.78, 5) is 29.4. The third-order valence-electron chi connectivity index (χ3n) is 6.78. The molecular weight excluding hydrogens is 476 g/mol. The molecule has 1 atom stereocenters. The molecular formula is C28H30N2O7. The maximum atomic E-state index is 13.8. The van der Waals surface area contributed by atoms with E-state index in [1.54, 1.807) is 42.5 Å². The lowest BCUT2D eigenvalue weighted by molar-refractivity contribution is -0.907. The zero-order valence-corrected chi connectivity index (χ0v) is 20.6. The van der Waals surface area contributed by atoms with Crippen molar-refractivity contribution < 1.29 is 38.5 Å². The van der Waals surface area contributed by atoms with E-state index in [9.17, 15) is 14.7 Å². The molecule has 0 aliphatic carbocycles. The van der Waals surface area contributed by atoms with Gasteiger partial charge in [-0.1, -0.05) is 36.6 Å². The van der Waals surface area contributed by atoms with Gasteiger partial charge in [0.25, 0.3) is 5.91 Å². The minimum Gasteiger partial charge on any atom is -0.872 e. The number of hydrogen-bond acceptors (Lipinski definition) is 7. The van der Waals surface area contributed by atoms with Gasteiger partial charge in [0.05, 0.1) is 32.3 Å². The number of likely N-dealkylation sites (tertiary alicyclic amines) is 1. The largest absolute Gasteiger partial charge is 0.872 e. The summed E-state index contributed by atoms with van der Waals surface area (Å²) in [6.45, 7) is 8.75. The number of Topliss-reactive ketones (excluding diaryl/α,β-unsaturated/α-hetero) is 1. The number of hydrogen-bond donors (Lipinski definition) is 1. The molecule has 9 nitrogen and oxygen atoms in total. The molecule has 1 amide bonds. The third kappa shape index (κ3) is 5.19. The minimum atomic E-state index is -0.826. The van der Waals surface area contributed by atoms with Crippen LogP contribution in [0.2, 0.25) is 0 Å². The van der Waals surface area contributed by atoms with Crippen molar-refractivity contribution >= 4 is 17.4 Å². The van der Waals surface area contributed by atoms with Crippen LogP contribution >= 0.6 is 0 Å². The van der Waals surface area contributed by atoms with E-state index in [0.29, 0.717) is 68.9 Å². The fraction of sp³-hybridized carbons (Fsp3) is 0.357. The number of benzene rings is 2. The number of fused-ring (bicyclic) bond motifs is 1. The van der Waals surface area contributed by atoms with Gasteiger partial charge in [0.1, 0.15) is 38.7 Å². The molecule has 3 heterocycles. The number of morpholine rings is 1. The van der Waals surface area contributed by atoms with Crippen LogP contribution in [0.5, 0.6) is 17.2 Å². The molecule has 2 aromatic rings. The fourth-order valence-corrected chi connectivity index (χ4v) is 4.91. The predicted octanol–water partition coefficient (Wildman–Crippen LogP) is 0.162. The highest BCUT2D eigenvalue weighted by Crippen LogP contribution is 2.40. The first-order valence-electron chi connectivity index (χ1n) is 12.5. The second-order valence-corrected chi connectivity index (χ2v) is 9.12. The maximum absolute atomic E-state index is 13.8. The second kappa shape index (κ2) is 11.1. The molecule has 0 radical (unpaired) electrons. The van der Waals surface area contributed by atoms with Crippen LogP contribution in [-0.2, 0) is 14.3 Å². The van der Waals surface area contributed by atoms with Crippen molar-refractivity contribution in [3.05, 3.63) is 71.8 Å². The molecule has 2 saturated heterocycles. The Kier molecular flexibility index (Phi) is 7.43. The van der Waals surface area contributed by atoms with Crippen molar-refractivity contribution in [2.45, 2.75) is 6.04 Å². The van der Waals surface area contributed by atoms with Gasteiger partial charge in [0.2, 0.25) is 5.78 Å². The predicted molar refractivity (Wildman–Crippen MR) is 132 cm³/mol. The van der Waals surface area contributed by atoms with E-state index in [2.05, 4.69) is 6.58 Å². The van der Waals surface area contributed by atoms with Crippen molar-refractivity contribution in [2.24, 2.45) is 0 Å². The van der Waals surface area contributed by atoms with Gasteiger partial charge in [0, 0.05) is 5.57 Å². The standard InChI is InChI=1S/C28H30N2O7/c1-2-12-35-21-5-3-4-19(17-21)25-24(26(31)20-6-7-22-23(18-20)37-16-15-36-22)27(32)28(33)30(25)9-8-29-10-13-34-14-11-29/h2-7,17-18,25,31H,1,8-16H2. The summed E-state index contributed by atoms with van der Waals surface area (Å²) in [5, 5.41) is 13.8. The highest BCUT2D eigenvalue weighted by atomic mass is 16.6. The molecule has 1 unspecified atom stereocenters. The topological polar surface area (TPSA) is 102 Å². The highest BCUT2D eigenvalue weighted by Gasteiger charge is 2.44. The summed E-state index contributed by atoms with van der Waals surface area (Å²) in [6.07, 6.45) is 1.63. The Labute approximate surface area is 215 Å². The van der Waals surface area contributed by atoms with E-state index >= 15 is 0 Å². The molecule has 5 rings (SSSR count). The van der Waals surface area contributed by atoms with Crippen molar-refractivity contribution in [1.29, 1.82) is 0 Å². The number of quaternary nitrogens is 1. The van der Waals surface area contributed by atoms with E-state index in [-0.39, 0.29) is 11.1 Å². The third-order valence-corrected chi connectivity index (χ3v) is 6.78. The molecule has 3 aliphatic rings. The Morgan fingerprint density at radius 3 is 2.65 bits per heavy atom. The van der Waals surface area contributed by atoms with Crippen LogP contribution in [-0.4, -0.2) is 75.8 Å². The van der Waals surface area contributed by atoms with Gasteiger partial charge in [-0.3, -0.25) is 9.59 Å². The summed E-state index contributed by atoms with van der Waals surface area (Å²) in [5.74, 6) is -0.401. The molecule has 0 bridgehead atoms. The van der Waals surface area contributed by atoms with Crippen LogP contribution in [0.4, 0.5) is 0 Å². The number of amides is 1. The molecule has 0 aromatic heterocycles. The van der Waals surface area contributed by atoms with Gasteiger partial charge < -0.3 is 33.9 Å². The molecule has 2 fully saturated rings. The number of carbonyl (C=O) groups excluding carboxylic acids is 2. The summed E-state index contributed by atoms with van der Waals surface area (Å²) < 4.78 is 22.3. The number of ether oxygens (including phenoxy) is 4. The van der Waals surface area contributed by atoms with Crippen molar-refractivity contribution in [3.63, 3.8) is 0 Å². The second-order valence-electron chi connectivity index (χ2n) is 9.12. The SMILES string of the molecule is C=CCOc1cccc(C2C(=C([O-])c3ccc4c(c3)OCCO4)C(=O)C(=O)N2CC[NH+]2CCOCC2)c1. The first-order chi connectivity index (χ1) is 18.1. The van der Waals surface area contributed by atoms with Crippen LogP contribution in [0.15, 0.2) is 60.7 Å². The number of rotatable bonds is 8. The van der Waals surface area contributed by atoms with E-state index in [1.165, 1.54) is 9.80 Å². The lowest BCUT2D eigenvalue weighted by Crippen LogP contribution is -3.14. The average Bonchev–Trinajstić information content (AvgIpc) is 3.20. The smallest absolute Gasteiger partial charge is 0.295 e. The molecule has 0 saturated carbocycles. The van der Waals surface area contributed by atoms with E-state index in [4.69, 9.17) is 18.9 Å². The Morgan fingerprint density at radius 1 is 1.08 bits per heavy atom. The van der Waals surface area contributed by atoms with E-state index < -0.39 is 23.5 Å². The van der Waals surface area contributed by atoms with Gasteiger partial charge in [-0.25, -0.2) is 0 Å². The zero-order valence-electron chi connectivity index (χ0n) is 20.6. The summed E-state index contributed by atoms with van der Waals surface area (Å²) in [5.41, 5.74) is 0.836. The van der Waals surface area contributed by atoms with Crippen molar-refractivity contribution in [2.75, 3.05) is 59.2 Å². The Balaban J connectivity index is 1.54. The average molecular weight is 507 g/mol. The first-order valence-corrected chi connectivity index (χ1v) is 12.5. The van der Waals surface area contributed by atoms with Crippen LogP contribution < -0.4 is 24.2 Å². The molecule has 0 spiro atoms. The molecule has 3 aliphatic heterocycles. The number of nitrogens with one attached hydrogen (secondary N) is 1. The lowest BCUT2D eigenvalue weighted by Gasteiger charge is -2.30. The van der Waals surface area contributed by atoms with Gasteiger partial charge in [-0.2, -0.15) is 0 Å². The zero-order chi connectivity index (χ0) is 25.8.